The number of ether oxygens (including phenoxy) is 3. The van der Waals surface area contributed by atoms with E-state index in [-0.39, 0.29) is 51.7 Å². The van der Waals surface area contributed by atoms with E-state index in [2.05, 4.69) is 15.9 Å². The molecule has 3 aromatic carbocycles. The number of aliphatic hydroxyl groups excluding tert-OH is 1. The number of carbonyl (C=O) groups is 3. The molecule has 0 saturated carbocycles. The molecule has 0 aromatic heterocycles. The summed E-state index contributed by atoms with van der Waals surface area (Å²) in [4.78, 5) is 43.6. The number of methoxy groups -OCH3 is 3. The smallest absolute Gasteiger partial charge is 0.274 e. The number of halogens is 1. The van der Waals surface area contributed by atoms with Crippen molar-refractivity contribution in [3.05, 3.63) is 75.8 Å². The van der Waals surface area contributed by atoms with Crippen molar-refractivity contribution in [3.63, 3.8) is 0 Å². The van der Waals surface area contributed by atoms with Crippen LogP contribution in [0, 0.1) is 0 Å². The van der Waals surface area contributed by atoms with Crippen LogP contribution in [-0.4, -0.2) is 95.5 Å². The lowest BCUT2D eigenvalue weighted by molar-refractivity contribution is -0.138. The van der Waals surface area contributed by atoms with Crippen molar-refractivity contribution >= 4 is 49.7 Å². The highest BCUT2D eigenvalue weighted by atomic mass is 79.9. The minimum absolute atomic E-state index is 0.0112. The lowest BCUT2D eigenvalue weighted by Gasteiger charge is -2.42. The largest absolute Gasteiger partial charge is 0.497 e. The number of likely N-dealkylation sites (N-methyl/N-ethyl adjacent to an activating group) is 1. The number of anilines is 1. The number of sulfonamides is 1. The molecule has 3 atom stereocenters. The number of fused-ring (bicyclic) bond motifs is 1. The summed E-state index contributed by atoms with van der Waals surface area (Å²) < 4.78 is 46.8. The minimum Gasteiger partial charge on any atom is -0.497 e. The van der Waals surface area contributed by atoms with Gasteiger partial charge >= 0.3 is 0 Å². The molecule has 1 N–H and O–H groups in total. The van der Waals surface area contributed by atoms with Crippen LogP contribution in [0.3, 0.4) is 0 Å². The van der Waals surface area contributed by atoms with Gasteiger partial charge in [0.05, 0.1) is 39.2 Å². The van der Waals surface area contributed by atoms with Gasteiger partial charge in [0.1, 0.15) is 28.4 Å². The Morgan fingerprint density at radius 3 is 2.33 bits per heavy atom. The lowest BCUT2D eigenvalue weighted by Crippen LogP contribution is -2.59. The predicted molar refractivity (Wildman–Crippen MR) is 167 cm³/mol. The summed E-state index contributed by atoms with van der Waals surface area (Å²) in [5, 5.41) is 11.0. The Kier molecular flexibility index (Phi) is 8.70. The number of rotatable bonds is 9. The number of likely N-dealkylation sites (tertiary alicyclic amines) is 1. The third-order valence-corrected chi connectivity index (χ3v) is 10.4. The van der Waals surface area contributed by atoms with E-state index in [1.165, 1.54) is 73.6 Å². The van der Waals surface area contributed by atoms with Gasteiger partial charge < -0.3 is 24.2 Å². The summed E-state index contributed by atoms with van der Waals surface area (Å²) in [6, 6.07) is 12.2. The summed E-state index contributed by atoms with van der Waals surface area (Å²) in [7, 11) is 2.51. The third-order valence-electron chi connectivity index (χ3n) is 8.14. The Labute approximate surface area is 269 Å². The van der Waals surface area contributed by atoms with Gasteiger partial charge in [-0.1, -0.05) is 15.9 Å². The second-order valence-electron chi connectivity index (χ2n) is 10.8. The average Bonchev–Trinajstić information content (AvgIpc) is 3.54. The average molecular weight is 703 g/mol. The topological polar surface area (TPSA) is 143 Å². The highest BCUT2D eigenvalue weighted by molar-refractivity contribution is 9.10. The molecule has 12 nitrogen and oxygen atoms in total. The molecule has 0 bridgehead atoms. The first-order valence-corrected chi connectivity index (χ1v) is 16.0. The van der Waals surface area contributed by atoms with Crippen molar-refractivity contribution < 1.29 is 42.1 Å². The predicted octanol–water partition coefficient (Wildman–Crippen LogP) is 2.79. The maximum atomic E-state index is 15.3. The highest BCUT2D eigenvalue weighted by Crippen LogP contribution is 2.55. The molecule has 2 aliphatic heterocycles. The Balaban J connectivity index is 1.90. The van der Waals surface area contributed by atoms with Crippen molar-refractivity contribution in [1.82, 2.24) is 9.80 Å². The van der Waals surface area contributed by atoms with Gasteiger partial charge in [-0.3, -0.25) is 19.3 Å². The first-order chi connectivity index (χ1) is 21.4. The van der Waals surface area contributed by atoms with E-state index in [1.54, 1.807) is 26.2 Å². The fourth-order valence-electron chi connectivity index (χ4n) is 6.16. The fourth-order valence-corrected chi connectivity index (χ4v) is 8.13. The summed E-state index contributed by atoms with van der Waals surface area (Å²) in [5.41, 5.74) is -1.53. The van der Waals surface area contributed by atoms with Gasteiger partial charge in [-0.25, -0.2) is 12.7 Å². The van der Waals surface area contributed by atoms with Crippen LogP contribution in [0.1, 0.15) is 27.9 Å². The number of β-amino-alcohol motifs (C(OH)–C–C–N with tert-alkyl or cyclic N) is 1. The molecule has 2 aliphatic rings. The summed E-state index contributed by atoms with van der Waals surface area (Å²) >= 11 is 3.47. The van der Waals surface area contributed by atoms with Crippen LogP contribution in [0.25, 0.3) is 0 Å². The zero-order valence-electron chi connectivity index (χ0n) is 25.2. The zero-order chi connectivity index (χ0) is 32.8. The minimum atomic E-state index is -4.70. The van der Waals surface area contributed by atoms with Crippen LogP contribution in [-0.2, 0) is 25.2 Å². The number of carbonyl (C=O) groups excluding carboxylic acids is 3. The summed E-state index contributed by atoms with van der Waals surface area (Å²) in [6.45, 7) is -0.170. The van der Waals surface area contributed by atoms with Gasteiger partial charge in [0.15, 0.2) is 5.54 Å². The standard InChI is InChI=1S/C31H32BrN3O9S/c1-33(2)29(38)25-14-20(37)16-34(25)31(23-12-18(17-36)6-10-26(23)43-4)22-13-19(32)7-9-24(22)35(30(31)39)45(40,41)28-11-8-21(42-3)15-27(28)44-5/h6-13,15,17,20,25,37H,14,16H2,1-5H3/t20-,25+,31?/m1/s1. The van der Waals surface area contributed by atoms with Crippen molar-refractivity contribution in [3.8, 4) is 17.2 Å². The molecular weight excluding hydrogens is 670 g/mol. The van der Waals surface area contributed by atoms with E-state index < -0.39 is 39.5 Å². The lowest BCUT2D eigenvalue weighted by atomic mass is 9.80. The van der Waals surface area contributed by atoms with Gasteiger partial charge in [0.2, 0.25) is 5.91 Å². The van der Waals surface area contributed by atoms with Crippen molar-refractivity contribution in [2.24, 2.45) is 0 Å². The maximum absolute atomic E-state index is 15.3. The third kappa shape index (κ3) is 5.05. The Morgan fingerprint density at radius 1 is 1.00 bits per heavy atom. The number of hydrogen-bond acceptors (Lipinski definition) is 10. The van der Waals surface area contributed by atoms with Gasteiger partial charge in [0.25, 0.3) is 15.9 Å². The Hall–Kier alpha value is -3.98. The van der Waals surface area contributed by atoms with E-state index in [4.69, 9.17) is 14.2 Å². The van der Waals surface area contributed by atoms with Gasteiger partial charge in [-0.15, -0.1) is 0 Å². The molecule has 0 radical (unpaired) electrons. The SMILES string of the molecule is COc1ccc(S(=O)(=O)N2C(=O)C(c3cc(C=O)ccc3OC)(N3C[C@H](O)C[C@H]3C(=O)N(C)C)c3cc(Br)ccc32)c(OC)c1. The number of amides is 2. The van der Waals surface area contributed by atoms with Crippen molar-refractivity contribution in [2.75, 3.05) is 46.3 Å². The molecule has 1 saturated heterocycles. The molecule has 45 heavy (non-hydrogen) atoms. The van der Waals surface area contributed by atoms with Crippen molar-refractivity contribution in [1.29, 1.82) is 0 Å². The summed E-state index contributed by atoms with van der Waals surface area (Å²) in [5.74, 6) is -0.919. The van der Waals surface area contributed by atoms with Gasteiger partial charge in [0, 0.05) is 47.9 Å². The van der Waals surface area contributed by atoms with Crippen LogP contribution in [0.2, 0.25) is 0 Å². The Bertz CT molecular complexity index is 1800. The molecule has 0 spiro atoms. The number of aliphatic hydroxyl groups is 1. The van der Waals surface area contributed by atoms with Gasteiger partial charge in [-0.2, -0.15) is 0 Å². The van der Waals surface area contributed by atoms with E-state index in [0.29, 0.717) is 20.8 Å². The molecule has 238 valence electrons. The van der Waals surface area contributed by atoms with Crippen LogP contribution in [0.4, 0.5) is 5.69 Å². The second-order valence-corrected chi connectivity index (χ2v) is 13.5. The first-order valence-electron chi connectivity index (χ1n) is 13.8. The van der Waals surface area contributed by atoms with Crippen LogP contribution >= 0.6 is 15.9 Å². The van der Waals surface area contributed by atoms with Crippen LogP contribution < -0.4 is 18.5 Å². The van der Waals surface area contributed by atoms with Crippen molar-refractivity contribution in [2.45, 2.75) is 29.0 Å². The molecule has 14 heteroatoms. The molecule has 5 rings (SSSR count). The molecule has 3 aromatic rings. The second kappa shape index (κ2) is 12.1. The van der Waals surface area contributed by atoms with E-state index in [9.17, 15) is 23.1 Å². The number of hydrogen-bond donors (Lipinski definition) is 1. The zero-order valence-corrected chi connectivity index (χ0v) is 27.6. The normalized spacial score (nSPS) is 21.4. The van der Waals surface area contributed by atoms with E-state index >= 15 is 4.79 Å². The number of aldehydes is 1. The molecule has 2 amide bonds. The Morgan fingerprint density at radius 2 is 1.71 bits per heavy atom. The maximum Gasteiger partial charge on any atom is 0.274 e. The van der Waals surface area contributed by atoms with Crippen LogP contribution in [0.5, 0.6) is 17.2 Å². The molecular formula is C31H32BrN3O9S. The number of benzene rings is 3. The van der Waals surface area contributed by atoms with E-state index in [1.807, 2.05) is 0 Å². The molecule has 0 aliphatic carbocycles. The molecule has 1 fully saturated rings. The molecule has 1 unspecified atom stereocenters. The van der Waals surface area contributed by atoms with Gasteiger partial charge in [-0.05, 0) is 55.0 Å². The fraction of sp³-hybridized carbons (Fsp3) is 0.323. The highest BCUT2D eigenvalue weighted by Gasteiger charge is 2.64. The monoisotopic (exact) mass is 701 g/mol. The van der Waals surface area contributed by atoms with E-state index in [0.717, 1.165) is 0 Å². The van der Waals surface area contributed by atoms with Crippen LogP contribution in [0.15, 0.2) is 64.0 Å². The number of nitrogens with zero attached hydrogens (tertiary/aromatic N) is 3. The quantitative estimate of drug-likeness (QED) is 0.331. The first kappa shape index (κ1) is 32.4. The summed E-state index contributed by atoms with van der Waals surface area (Å²) in [6.07, 6.45) is -0.466. The molecule has 2 heterocycles.